The molecule has 1 aliphatic carbocycles. The summed E-state index contributed by atoms with van der Waals surface area (Å²) >= 11 is 0. The molecule has 154 valence electrons. The second-order valence-corrected chi connectivity index (χ2v) is 8.34. The lowest BCUT2D eigenvalue weighted by Crippen LogP contribution is -2.39. The molecule has 3 heterocycles. The Balaban J connectivity index is 1.61. The van der Waals surface area contributed by atoms with Crippen molar-refractivity contribution in [3.05, 3.63) is 45.6 Å². The monoisotopic (exact) mass is 399 g/mol. The molecule has 1 atom stereocenters. The van der Waals surface area contributed by atoms with Gasteiger partial charge < -0.3 is 25.0 Å². The fraction of sp³-hybridized carbons (Fsp3) is 0.500. The average Bonchev–Trinajstić information content (AvgIpc) is 2.67. The number of H-pyrrole nitrogens is 1. The number of aromatic hydroxyl groups is 1. The summed E-state index contributed by atoms with van der Waals surface area (Å²) in [5.74, 6) is -0.113. The highest BCUT2D eigenvalue weighted by Crippen LogP contribution is 2.40. The first-order chi connectivity index (χ1) is 13.8. The molecule has 2 aliphatic rings. The van der Waals surface area contributed by atoms with E-state index in [4.69, 9.17) is 9.72 Å². The van der Waals surface area contributed by atoms with Gasteiger partial charge in [-0.2, -0.15) is 0 Å². The number of nitrogens with one attached hydrogen (secondary N) is 2. The highest BCUT2D eigenvalue weighted by atomic mass is 16.5. The number of carbonyl (C=O) groups is 1. The van der Waals surface area contributed by atoms with Gasteiger partial charge in [0.25, 0.3) is 11.5 Å². The number of amides is 1. The van der Waals surface area contributed by atoms with Crippen LogP contribution in [0.15, 0.2) is 23.3 Å². The van der Waals surface area contributed by atoms with Crippen molar-refractivity contribution in [2.75, 3.05) is 31.2 Å². The van der Waals surface area contributed by atoms with Gasteiger partial charge >= 0.3 is 0 Å². The number of aromatic nitrogens is 3. The predicted molar refractivity (Wildman–Crippen MR) is 106 cm³/mol. The molecule has 0 spiro atoms. The number of ether oxygens (including phenoxy) is 1. The van der Waals surface area contributed by atoms with Gasteiger partial charge in [0, 0.05) is 37.1 Å². The molecular formula is C20H25N5O4. The van der Waals surface area contributed by atoms with Crippen LogP contribution in [0.2, 0.25) is 0 Å². The second kappa shape index (κ2) is 7.47. The third kappa shape index (κ3) is 4.09. The van der Waals surface area contributed by atoms with Gasteiger partial charge in [-0.05, 0) is 18.3 Å². The third-order valence-electron chi connectivity index (χ3n) is 5.41. The van der Waals surface area contributed by atoms with Crippen LogP contribution in [0.1, 0.15) is 47.9 Å². The lowest BCUT2D eigenvalue weighted by molar-refractivity contribution is 0.0915. The molecule has 4 rings (SSSR count). The van der Waals surface area contributed by atoms with E-state index in [1.807, 2.05) is 0 Å². The number of morpholine rings is 1. The van der Waals surface area contributed by atoms with E-state index in [9.17, 15) is 14.7 Å². The molecule has 9 nitrogen and oxygen atoms in total. The molecular weight excluding hydrogens is 374 g/mol. The van der Waals surface area contributed by atoms with Crippen molar-refractivity contribution < 1.29 is 14.6 Å². The molecule has 1 fully saturated rings. The Bertz CT molecular complexity index is 981. The molecule has 1 saturated heterocycles. The zero-order valence-electron chi connectivity index (χ0n) is 16.6. The van der Waals surface area contributed by atoms with Gasteiger partial charge in [0.1, 0.15) is 5.75 Å². The van der Waals surface area contributed by atoms with Crippen molar-refractivity contribution in [3.8, 4) is 5.75 Å². The van der Waals surface area contributed by atoms with E-state index in [0.717, 1.165) is 43.3 Å². The molecule has 29 heavy (non-hydrogen) atoms. The first-order valence-electron chi connectivity index (χ1n) is 9.73. The van der Waals surface area contributed by atoms with Crippen molar-refractivity contribution in [2.45, 2.75) is 32.7 Å². The normalized spacial score (nSPS) is 20.8. The molecule has 0 unspecified atom stereocenters. The molecule has 0 bridgehead atoms. The maximum Gasteiger partial charge on any atom is 0.257 e. The van der Waals surface area contributed by atoms with Crippen molar-refractivity contribution in [2.24, 2.45) is 5.41 Å². The largest absolute Gasteiger partial charge is 0.507 e. The van der Waals surface area contributed by atoms with Crippen molar-refractivity contribution >= 4 is 11.9 Å². The number of nitrogens with zero attached hydrogens (tertiary/aromatic N) is 3. The summed E-state index contributed by atoms with van der Waals surface area (Å²) in [6.07, 6.45) is 4.52. The fourth-order valence-corrected chi connectivity index (χ4v) is 3.96. The maximum atomic E-state index is 12.7. The van der Waals surface area contributed by atoms with Gasteiger partial charge in [-0.1, -0.05) is 13.8 Å². The minimum Gasteiger partial charge on any atom is -0.507 e. The first-order valence-corrected chi connectivity index (χ1v) is 9.73. The number of anilines is 1. The van der Waals surface area contributed by atoms with E-state index in [2.05, 4.69) is 34.0 Å². The van der Waals surface area contributed by atoms with E-state index >= 15 is 0 Å². The molecule has 0 radical (unpaired) electrons. The lowest BCUT2D eigenvalue weighted by Gasteiger charge is -2.37. The van der Waals surface area contributed by atoms with Crippen LogP contribution in [0.3, 0.4) is 0 Å². The summed E-state index contributed by atoms with van der Waals surface area (Å²) in [6.45, 7) is 7.12. The van der Waals surface area contributed by atoms with Gasteiger partial charge in [-0.3, -0.25) is 9.59 Å². The van der Waals surface area contributed by atoms with Crippen LogP contribution in [0.25, 0.3) is 0 Å². The Morgan fingerprint density at radius 3 is 2.86 bits per heavy atom. The van der Waals surface area contributed by atoms with Crippen molar-refractivity contribution in [1.29, 1.82) is 0 Å². The lowest BCUT2D eigenvalue weighted by atomic mass is 9.74. The Kier molecular flexibility index (Phi) is 4.99. The van der Waals surface area contributed by atoms with Gasteiger partial charge in [-0.25, -0.2) is 9.97 Å². The van der Waals surface area contributed by atoms with Crippen LogP contribution in [0.4, 0.5) is 5.95 Å². The van der Waals surface area contributed by atoms with Crippen LogP contribution < -0.4 is 15.8 Å². The summed E-state index contributed by atoms with van der Waals surface area (Å²) in [5.41, 5.74) is 1.31. The van der Waals surface area contributed by atoms with Crippen LogP contribution in [0, 0.1) is 5.41 Å². The third-order valence-corrected chi connectivity index (χ3v) is 5.41. The molecule has 2 aromatic heterocycles. The van der Waals surface area contributed by atoms with Crippen LogP contribution >= 0.6 is 0 Å². The molecule has 3 N–H and O–H groups in total. The van der Waals surface area contributed by atoms with Crippen LogP contribution in [-0.2, 0) is 11.2 Å². The molecule has 0 saturated carbocycles. The molecule has 1 aliphatic heterocycles. The van der Waals surface area contributed by atoms with E-state index in [1.165, 1.54) is 6.20 Å². The Labute approximate surface area is 168 Å². The summed E-state index contributed by atoms with van der Waals surface area (Å²) in [5, 5.41) is 12.9. The SMILES string of the molecule is CC1(C)Cc2nc(N3CCOCC3)ncc2[C@@H](NC(=O)c2c[nH]c(=O)cc2O)C1. The molecule has 9 heteroatoms. The second-order valence-electron chi connectivity index (χ2n) is 8.34. The smallest absolute Gasteiger partial charge is 0.257 e. The zero-order valence-corrected chi connectivity index (χ0v) is 16.6. The minimum absolute atomic E-state index is 0.0281. The first kappa shape index (κ1) is 19.4. The van der Waals surface area contributed by atoms with E-state index < -0.39 is 11.5 Å². The summed E-state index contributed by atoms with van der Waals surface area (Å²) < 4.78 is 5.40. The van der Waals surface area contributed by atoms with Crippen LogP contribution in [-0.4, -0.2) is 52.3 Å². The summed E-state index contributed by atoms with van der Waals surface area (Å²) in [4.78, 5) is 37.9. The minimum atomic E-state index is -0.466. The number of aromatic amines is 1. The molecule has 0 aromatic carbocycles. The number of fused-ring (bicyclic) bond motifs is 1. The van der Waals surface area contributed by atoms with E-state index in [0.29, 0.717) is 19.2 Å². The van der Waals surface area contributed by atoms with Crippen molar-refractivity contribution in [3.63, 3.8) is 0 Å². The summed E-state index contributed by atoms with van der Waals surface area (Å²) in [6, 6.07) is 0.706. The molecule has 2 aromatic rings. The zero-order chi connectivity index (χ0) is 20.6. The van der Waals surface area contributed by atoms with Crippen LogP contribution in [0.5, 0.6) is 5.75 Å². The Morgan fingerprint density at radius 1 is 1.38 bits per heavy atom. The van der Waals surface area contributed by atoms with Gasteiger partial charge in [0.2, 0.25) is 5.95 Å². The highest BCUT2D eigenvalue weighted by Gasteiger charge is 2.35. The van der Waals surface area contributed by atoms with Crippen molar-refractivity contribution in [1.82, 2.24) is 20.3 Å². The Hall–Kier alpha value is -2.94. The molecule has 1 amide bonds. The number of hydrogen-bond acceptors (Lipinski definition) is 7. The van der Waals surface area contributed by atoms with Gasteiger partial charge in [0.05, 0.1) is 30.5 Å². The van der Waals surface area contributed by atoms with Gasteiger partial charge in [-0.15, -0.1) is 0 Å². The number of rotatable bonds is 3. The van der Waals surface area contributed by atoms with Gasteiger partial charge in [0.15, 0.2) is 0 Å². The Morgan fingerprint density at radius 2 is 2.14 bits per heavy atom. The topological polar surface area (TPSA) is 120 Å². The number of hydrogen-bond donors (Lipinski definition) is 3. The quantitative estimate of drug-likeness (QED) is 0.708. The summed E-state index contributed by atoms with van der Waals surface area (Å²) in [7, 11) is 0. The number of pyridine rings is 1. The predicted octanol–water partition coefficient (Wildman–Crippen LogP) is 1.15. The van der Waals surface area contributed by atoms with E-state index in [-0.39, 0.29) is 22.8 Å². The fourth-order valence-electron chi connectivity index (χ4n) is 3.96. The maximum absolute atomic E-state index is 12.7. The average molecular weight is 399 g/mol. The van der Waals surface area contributed by atoms with E-state index in [1.54, 1.807) is 6.20 Å². The number of carbonyl (C=O) groups excluding carboxylic acids is 1. The highest BCUT2D eigenvalue weighted by molar-refractivity contribution is 5.96. The standard InChI is InChI=1S/C20H25N5O4/c1-20(2)8-14(23-18(28)13-11-21-17(27)7-16(13)26)12-10-22-19(24-15(12)9-20)25-3-5-29-6-4-25/h7,10-11,14H,3-6,8-9H2,1-2H3,(H,23,28)(H2,21,26,27)/t14-/m0/s1.